The first-order valence-corrected chi connectivity index (χ1v) is 11.0. The number of para-hydroxylation sites is 1. The number of hydrogen-bond donors (Lipinski definition) is 1. The number of hydrogen-bond acceptors (Lipinski definition) is 7. The number of rotatable bonds is 7. The first-order chi connectivity index (χ1) is 13.8. The molecule has 0 bridgehead atoms. The van der Waals surface area contributed by atoms with Crippen LogP contribution in [0.15, 0.2) is 51.8 Å². The van der Waals surface area contributed by atoms with Crippen LogP contribution in [0.2, 0.25) is 0 Å². The Labute approximate surface area is 176 Å². The molecule has 1 atom stereocenters. The average molecular weight is 484 g/mol. The molecule has 154 valence electrons. The Bertz CT molecular complexity index is 1040. The van der Waals surface area contributed by atoms with Crippen molar-refractivity contribution in [3.8, 4) is 5.75 Å². The van der Waals surface area contributed by atoms with Gasteiger partial charge in [-0.15, -0.1) is 0 Å². The molecule has 0 unspecified atom stereocenters. The van der Waals surface area contributed by atoms with Gasteiger partial charge in [0.2, 0.25) is 6.10 Å². The first-order valence-electron chi connectivity index (χ1n) is 8.73. The Kier molecular flexibility index (Phi) is 6.43. The van der Waals surface area contributed by atoms with Crippen LogP contribution in [-0.4, -0.2) is 39.7 Å². The van der Waals surface area contributed by atoms with Gasteiger partial charge in [-0.2, -0.15) is 0 Å². The minimum Gasteiger partial charge on any atom is -0.492 e. The molecule has 0 saturated carbocycles. The molecule has 1 fully saturated rings. The number of cyclic esters (lactones) is 1. The summed E-state index contributed by atoms with van der Waals surface area (Å²) in [6.45, 7) is 2.20. The van der Waals surface area contributed by atoms with E-state index in [1.54, 1.807) is 25.1 Å². The van der Waals surface area contributed by atoms with Crippen LogP contribution >= 0.6 is 15.9 Å². The number of carbonyl (C=O) groups excluding carboxylic acids is 2. The van der Waals surface area contributed by atoms with Gasteiger partial charge in [0.25, 0.3) is 10.0 Å². The van der Waals surface area contributed by atoms with Gasteiger partial charge in [0.05, 0.1) is 24.5 Å². The molecule has 0 aliphatic carbocycles. The fraction of sp³-hybridized carbons (Fsp3) is 0.263. The molecule has 1 heterocycles. The second-order valence-corrected chi connectivity index (χ2v) is 8.59. The predicted molar refractivity (Wildman–Crippen MR) is 107 cm³/mol. The molecule has 1 N–H and O–H groups in total. The molecule has 29 heavy (non-hydrogen) atoms. The molecule has 0 spiro atoms. The van der Waals surface area contributed by atoms with Gasteiger partial charge < -0.3 is 14.2 Å². The highest BCUT2D eigenvalue weighted by Crippen LogP contribution is 2.30. The third-order valence-electron chi connectivity index (χ3n) is 4.02. The predicted octanol–water partition coefficient (Wildman–Crippen LogP) is 3.12. The molecule has 2 aromatic rings. The number of benzene rings is 2. The zero-order valence-corrected chi connectivity index (χ0v) is 17.8. The van der Waals surface area contributed by atoms with E-state index in [-0.39, 0.29) is 41.5 Å². The zero-order valence-electron chi connectivity index (χ0n) is 15.4. The lowest BCUT2D eigenvalue weighted by atomic mass is 10.2. The summed E-state index contributed by atoms with van der Waals surface area (Å²) in [5, 5.41) is 0. The monoisotopic (exact) mass is 483 g/mol. The molecule has 1 aliphatic rings. The summed E-state index contributed by atoms with van der Waals surface area (Å²) in [4.78, 5) is 24.0. The molecule has 0 radical (unpaired) electrons. The summed E-state index contributed by atoms with van der Waals surface area (Å²) < 4.78 is 44.3. The summed E-state index contributed by atoms with van der Waals surface area (Å²) >= 11 is 3.25. The molecular weight excluding hydrogens is 466 g/mol. The molecule has 1 saturated heterocycles. The minimum atomic E-state index is -4.09. The van der Waals surface area contributed by atoms with E-state index in [0.29, 0.717) is 4.47 Å². The van der Waals surface area contributed by atoms with Crippen molar-refractivity contribution >= 4 is 43.6 Å². The molecule has 10 heteroatoms. The van der Waals surface area contributed by atoms with Crippen molar-refractivity contribution in [1.29, 1.82) is 0 Å². The Morgan fingerprint density at radius 2 is 2.03 bits per heavy atom. The summed E-state index contributed by atoms with van der Waals surface area (Å²) in [5.41, 5.74) is -0.00461. The Hall–Kier alpha value is -2.59. The van der Waals surface area contributed by atoms with Gasteiger partial charge in [-0.1, -0.05) is 28.1 Å². The van der Waals surface area contributed by atoms with E-state index in [2.05, 4.69) is 20.7 Å². The Morgan fingerprint density at radius 1 is 1.28 bits per heavy atom. The third kappa shape index (κ3) is 4.88. The van der Waals surface area contributed by atoms with Gasteiger partial charge in [0, 0.05) is 10.9 Å². The first kappa shape index (κ1) is 21.1. The highest BCUT2D eigenvalue weighted by Gasteiger charge is 2.31. The van der Waals surface area contributed by atoms with Crippen LogP contribution < -0.4 is 9.46 Å². The highest BCUT2D eigenvalue weighted by molar-refractivity contribution is 9.10. The molecule has 3 rings (SSSR count). The summed E-state index contributed by atoms with van der Waals surface area (Å²) in [7, 11) is -4.09. The molecule has 0 aromatic heterocycles. The maximum Gasteiger partial charge on any atom is 0.347 e. The number of anilines is 1. The summed E-state index contributed by atoms with van der Waals surface area (Å²) in [5.74, 6) is -1.27. The molecule has 2 aromatic carbocycles. The molecule has 1 aliphatic heterocycles. The van der Waals surface area contributed by atoms with Crippen LogP contribution in [-0.2, 0) is 24.3 Å². The van der Waals surface area contributed by atoms with Crippen molar-refractivity contribution in [3.05, 3.63) is 52.5 Å². The van der Waals surface area contributed by atoms with Gasteiger partial charge in [-0.25, -0.2) is 18.0 Å². The van der Waals surface area contributed by atoms with E-state index in [1.165, 1.54) is 24.3 Å². The lowest BCUT2D eigenvalue weighted by Crippen LogP contribution is -2.24. The van der Waals surface area contributed by atoms with E-state index in [9.17, 15) is 18.0 Å². The maximum atomic E-state index is 13.0. The second kappa shape index (κ2) is 8.83. The quantitative estimate of drug-likeness (QED) is 0.602. The van der Waals surface area contributed by atoms with Crippen LogP contribution in [0.3, 0.4) is 0 Å². The van der Waals surface area contributed by atoms with Crippen molar-refractivity contribution < 1.29 is 32.2 Å². The van der Waals surface area contributed by atoms with E-state index in [4.69, 9.17) is 14.2 Å². The smallest absolute Gasteiger partial charge is 0.347 e. The Morgan fingerprint density at radius 3 is 2.72 bits per heavy atom. The van der Waals surface area contributed by atoms with Crippen LogP contribution in [0, 0.1) is 0 Å². The van der Waals surface area contributed by atoms with Crippen molar-refractivity contribution in [2.75, 3.05) is 17.9 Å². The van der Waals surface area contributed by atoms with E-state index < -0.39 is 28.1 Å². The summed E-state index contributed by atoms with van der Waals surface area (Å²) in [6.07, 6.45) is -0.740. The lowest BCUT2D eigenvalue weighted by molar-refractivity contribution is -0.145. The molecule has 8 nitrogen and oxygen atoms in total. The van der Waals surface area contributed by atoms with Gasteiger partial charge in [0.1, 0.15) is 10.6 Å². The maximum absolute atomic E-state index is 13.0. The van der Waals surface area contributed by atoms with Gasteiger partial charge in [0.15, 0.2) is 0 Å². The topological polar surface area (TPSA) is 108 Å². The highest BCUT2D eigenvalue weighted by atomic mass is 79.9. The average Bonchev–Trinajstić information content (AvgIpc) is 3.08. The lowest BCUT2D eigenvalue weighted by Gasteiger charge is -2.15. The fourth-order valence-corrected chi connectivity index (χ4v) is 4.46. The standard InChI is InChI=1S/C19H18BrNO7S/c1-2-26-15-8-7-12(20)11-17(15)29(24,25)21-14-6-4-3-5-13(14)18(22)28-16-9-10-27-19(16)23/h3-8,11,16,21H,2,9-10H2,1H3/t16-/m1/s1. The van der Waals surface area contributed by atoms with Crippen LogP contribution in [0.4, 0.5) is 5.69 Å². The normalized spacial score (nSPS) is 16.2. The van der Waals surface area contributed by atoms with Gasteiger partial charge in [-0.05, 0) is 37.3 Å². The van der Waals surface area contributed by atoms with E-state index >= 15 is 0 Å². The largest absolute Gasteiger partial charge is 0.492 e. The van der Waals surface area contributed by atoms with Crippen molar-refractivity contribution in [3.63, 3.8) is 0 Å². The number of halogens is 1. The van der Waals surface area contributed by atoms with Crippen LogP contribution in [0.25, 0.3) is 0 Å². The van der Waals surface area contributed by atoms with Crippen molar-refractivity contribution in [2.24, 2.45) is 0 Å². The van der Waals surface area contributed by atoms with Crippen LogP contribution in [0.1, 0.15) is 23.7 Å². The molecule has 0 amide bonds. The fourth-order valence-electron chi connectivity index (χ4n) is 2.69. The number of sulfonamides is 1. The van der Waals surface area contributed by atoms with E-state index in [0.717, 1.165) is 0 Å². The van der Waals surface area contributed by atoms with E-state index in [1.807, 2.05) is 0 Å². The Balaban J connectivity index is 1.90. The van der Waals surface area contributed by atoms with Gasteiger partial charge in [-0.3, -0.25) is 4.72 Å². The zero-order chi connectivity index (χ0) is 21.0. The van der Waals surface area contributed by atoms with Crippen molar-refractivity contribution in [1.82, 2.24) is 0 Å². The number of nitrogens with one attached hydrogen (secondary N) is 1. The summed E-state index contributed by atoms with van der Waals surface area (Å²) in [6, 6.07) is 10.6. The third-order valence-corrected chi connectivity index (χ3v) is 5.90. The molecular formula is C19H18BrNO7S. The van der Waals surface area contributed by atoms with Gasteiger partial charge >= 0.3 is 11.9 Å². The minimum absolute atomic E-state index is 0.0197. The number of ether oxygens (including phenoxy) is 3. The second-order valence-electron chi connectivity index (χ2n) is 6.03. The van der Waals surface area contributed by atoms with Crippen LogP contribution in [0.5, 0.6) is 5.75 Å². The SMILES string of the molecule is CCOc1ccc(Br)cc1S(=O)(=O)Nc1ccccc1C(=O)O[C@@H]1CCOC1=O. The van der Waals surface area contributed by atoms with Crippen molar-refractivity contribution in [2.45, 2.75) is 24.3 Å². The number of carbonyl (C=O) groups is 2. The number of esters is 2.